The van der Waals surface area contributed by atoms with Gasteiger partial charge in [0.1, 0.15) is 17.4 Å². The van der Waals surface area contributed by atoms with Gasteiger partial charge < -0.3 is 9.52 Å². The zero-order chi connectivity index (χ0) is 14.0. The normalized spacial score (nSPS) is 12.4. The highest BCUT2D eigenvalue weighted by molar-refractivity contribution is 7.98. The van der Waals surface area contributed by atoms with Crippen molar-refractivity contribution in [2.24, 2.45) is 0 Å². The summed E-state index contributed by atoms with van der Waals surface area (Å²) in [6, 6.07) is 7.06. The van der Waals surface area contributed by atoms with E-state index in [9.17, 15) is 4.79 Å². The van der Waals surface area contributed by atoms with Gasteiger partial charge in [-0.2, -0.15) is 0 Å². The molecule has 19 heavy (non-hydrogen) atoms. The minimum Gasteiger partial charge on any atom is -0.481 e. The van der Waals surface area contributed by atoms with E-state index < -0.39 is 11.9 Å². The summed E-state index contributed by atoms with van der Waals surface area (Å²) in [6.45, 7) is 1.58. The van der Waals surface area contributed by atoms with Crippen LogP contribution in [0.25, 0.3) is 11.3 Å². The minimum atomic E-state index is -0.945. The number of carboxylic acid groups (broad SMARTS) is 1. The Labute approximate surface area is 119 Å². The van der Waals surface area contributed by atoms with Gasteiger partial charge in [0.05, 0.1) is 0 Å². The number of thioether (sulfide) groups is 1. The molecule has 6 heteroatoms. The Balaban J connectivity index is 2.52. The number of nitrogens with zero attached hydrogens (tertiary/aromatic N) is 1. The summed E-state index contributed by atoms with van der Waals surface area (Å²) in [5.41, 5.74) is 1.34. The summed E-state index contributed by atoms with van der Waals surface area (Å²) in [4.78, 5) is 15.4. The van der Waals surface area contributed by atoms with E-state index in [4.69, 9.17) is 21.1 Å². The van der Waals surface area contributed by atoms with Crippen molar-refractivity contribution in [1.82, 2.24) is 4.98 Å². The van der Waals surface area contributed by atoms with Crippen molar-refractivity contribution < 1.29 is 14.3 Å². The van der Waals surface area contributed by atoms with E-state index in [1.165, 1.54) is 11.8 Å². The number of oxazole rings is 1. The van der Waals surface area contributed by atoms with Gasteiger partial charge in [-0.1, -0.05) is 35.5 Å². The molecular weight excluding hydrogens is 286 g/mol. The lowest BCUT2D eigenvalue weighted by Crippen LogP contribution is -2.07. The summed E-state index contributed by atoms with van der Waals surface area (Å²) in [6.07, 6.45) is 1.83. The Kier molecular flexibility index (Phi) is 4.17. The topological polar surface area (TPSA) is 63.3 Å². The fraction of sp³-hybridized carbons (Fsp3) is 0.231. The van der Waals surface area contributed by atoms with E-state index in [-0.39, 0.29) is 0 Å². The highest BCUT2D eigenvalue weighted by Crippen LogP contribution is 2.33. The van der Waals surface area contributed by atoms with Crippen molar-refractivity contribution in [3.63, 3.8) is 0 Å². The van der Waals surface area contributed by atoms with Gasteiger partial charge in [-0.3, -0.25) is 4.79 Å². The SMILES string of the molecule is CSc1nc(-c2ccc(Cl)cc2)c(C(C)C(=O)O)o1. The molecule has 0 spiro atoms. The van der Waals surface area contributed by atoms with Crippen molar-refractivity contribution >= 4 is 29.3 Å². The van der Waals surface area contributed by atoms with Crippen molar-refractivity contribution in [2.75, 3.05) is 6.26 Å². The molecule has 100 valence electrons. The molecule has 0 aliphatic rings. The van der Waals surface area contributed by atoms with Gasteiger partial charge in [0.2, 0.25) is 0 Å². The van der Waals surface area contributed by atoms with Crippen LogP contribution in [0.2, 0.25) is 5.02 Å². The van der Waals surface area contributed by atoms with E-state index in [2.05, 4.69) is 4.98 Å². The number of halogens is 1. The lowest BCUT2D eigenvalue weighted by molar-refractivity contribution is -0.138. The quantitative estimate of drug-likeness (QED) is 0.867. The number of aliphatic carboxylic acids is 1. The Morgan fingerprint density at radius 2 is 2.05 bits per heavy atom. The van der Waals surface area contributed by atoms with E-state index in [0.29, 0.717) is 21.7 Å². The van der Waals surface area contributed by atoms with Crippen LogP contribution in [0, 0.1) is 0 Å². The fourth-order valence-corrected chi connectivity index (χ4v) is 2.10. The third-order valence-electron chi connectivity index (χ3n) is 2.69. The average Bonchev–Trinajstić information content (AvgIpc) is 2.82. The first kappa shape index (κ1) is 14.0. The number of hydrogen-bond acceptors (Lipinski definition) is 4. The summed E-state index contributed by atoms with van der Waals surface area (Å²) in [7, 11) is 0. The molecule has 0 radical (unpaired) electrons. The zero-order valence-electron chi connectivity index (χ0n) is 10.4. The third-order valence-corrected chi connectivity index (χ3v) is 3.47. The van der Waals surface area contributed by atoms with Crippen LogP contribution in [0.15, 0.2) is 33.9 Å². The largest absolute Gasteiger partial charge is 0.481 e. The van der Waals surface area contributed by atoms with Crippen LogP contribution in [-0.2, 0) is 4.79 Å². The van der Waals surface area contributed by atoms with Gasteiger partial charge in [-0.25, -0.2) is 4.98 Å². The standard InChI is InChI=1S/C13H12ClNO3S/c1-7(12(16)17)11-10(15-13(18-11)19-2)8-3-5-9(14)6-4-8/h3-7H,1-2H3,(H,16,17). The first-order valence-electron chi connectivity index (χ1n) is 5.56. The molecule has 2 rings (SSSR count). The Morgan fingerprint density at radius 1 is 1.42 bits per heavy atom. The van der Waals surface area contributed by atoms with Gasteiger partial charge in [-0.05, 0) is 25.3 Å². The number of hydrogen-bond donors (Lipinski definition) is 1. The first-order valence-corrected chi connectivity index (χ1v) is 7.16. The lowest BCUT2D eigenvalue weighted by atomic mass is 10.0. The molecule has 2 aromatic rings. The maximum absolute atomic E-state index is 11.1. The lowest BCUT2D eigenvalue weighted by Gasteiger charge is -2.05. The minimum absolute atomic E-state index is 0.360. The predicted octanol–water partition coefficient (Wildman–Crippen LogP) is 3.91. The number of carbonyl (C=O) groups is 1. The molecule has 0 saturated heterocycles. The van der Waals surface area contributed by atoms with Crippen LogP contribution in [0.5, 0.6) is 0 Å². The van der Waals surface area contributed by atoms with Crippen LogP contribution >= 0.6 is 23.4 Å². The molecule has 1 heterocycles. The van der Waals surface area contributed by atoms with Crippen LogP contribution in [0.4, 0.5) is 0 Å². The maximum atomic E-state index is 11.1. The Morgan fingerprint density at radius 3 is 2.58 bits per heavy atom. The molecule has 1 aromatic heterocycles. The summed E-state index contributed by atoms with van der Waals surface area (Å²) >= 11 is 7.18. The van der Waals surface area contributed by atoms with Crippen LogP contribution in [-0.4, -0.2) is 22.3 Å². The summed E-state index contributed by atoms with van der Waals surface area (Å²) < 4.78 is 5.51. The van der Waals surface area contributed by atoms with Gasteiger partial charge in [0.15, 0.2) is 0 Å². The maximum Gasteiger partial charge on any atom is 0.314 e. The molecule has 1 N–H and O–H groups in total. The molecule has 1 atom stereocenters. The van der Waals surface area contributed by atoms with Crippen molar-refractivity contribution in [1.29, 1.82) is 0 Å². The van der Waals surface area contributed by atoms with Crippen LogP contribution in [0.1, 0.15) is 18.6 Å². The smallest absolute Gasteiger partial charge is 0.314 e. The van der Waals surface area contributed by atoms with Crippen molar-refractivity contribution in [3.05, 3.63) is 35.0 Å². The van der Waals surface area contributed by atoms with Gasteiger partial charge >= 0.3 is 5.97 Å². The Hall–Kier alpha value is -1.46. The van der Waals surface area contributed by atoms with Gasteiger partial charge in [-0.15, -0.1) is 0 Å². The number of carboxylic acids is 1. The van der Waals surface area contributed by atoms with E-state index in [1.54, 1.807) is 31.2 Å². The highest BCUT2D eigenvalue weighted by Gasteiger charge is 2.25. The molecule has 0 amide bonds. The van der Waals surface area contributed by atoms with E-state index in [0.717, 1.165) is 5.56 Å². The predicted molar refractivity (Wildman–Crippen MR) is 74.8 cm³/mol. The molecule has 0 fully saturated rings. The highest BCUT2D eigenvalue weighted by atomic mass is 35.5. The molecule has 1 unspecified atom stereocenters. The second-order valence-electron chi connectivity index (χ2n) is 3.96. The summed E-state index contributed by atoms with van der Waals surface area (Å²) in [5.74, 6) is -1.34. The zero-order valence-corrected chi connectivity index (χ0v) is 12.0. The number of rotatable bonds is 4. The van der Waals surface area contributed by atoms with Crippen LogP contribution in [0.3, 0.4) is 0 Å². The third kappa shape index (κ3) is 2.93. The molecule has 4 nitrogen and oxygen atoms in total. The average molecular weight is 298 g/mol. The first-order chi connectivity index (χ1) is 9.02. The van der Waals surface area contributed by atoms with Gasteiger partial charge in [0, 0.05) is 10.6 Å². The number of aromatic nitrogens is 1. The van der Waals surface area contributed by atoms with E-state index in [1.807, 2.05) is 6.26 Å². The van der Waals surface area contributed by atoms with Crippen molar-refractivity contribution in [2.45, 2.75) is 18.1 Å². The molecule has 0 aliphatic heterocycles. The number of benzene rings is 1. The monoisotopic (exact) mass is 297 g/mol. The fourth-order valence-electron chi connectivity index (χ4n) is 1.62. The second kappa shape index (κ2) is 5.67. The van der Waals surface area contributed by atoms with Gasteiger partial charge in [0.25, 0.3) is 5.22 Å². The summed E-state index contributed by atoms with van der Waals surface area (Å²) in [5, 5.41) is 10.2. The molecule has 0 aliphatic carbocycles. The molecule has 0 bridgehead atoms. The second-order valence-corrected chi connectivity index (χ2v) is 5.16. The Bertz CT molecular complexity index is 594. The molecule has 0 saturated carbocycles. The van der Waals surface area contributed by atoms with Crippen LogP contribution < -0.4 is 0 Å². The molecule has 1 aromatic carbocycles. The van der Waals surface area contributed by atoms with E-state index >= 15 is 0 Å². The van der Waals surface area contributed by atoms with Crippen molar-refractivity contribution in [3.8, 4) is 11.3 Å². The molecular formula is C13H12ClNO3S.